The second-order valence-electron chi connectivity index (χ2n) is 31.0. The monoisotopic (exact) mass is 1100 g/mol. The summed E-state index contributed by atoms with van der Waals surface area (Å²) in [5, 5.41) is 1.000. The predicted molar refractivity (Wildman–Crippen MR) is 346 cm³/mol. The number of benzene rings is 6. The lowest BCUT2D eigenvalue weighted by molar-refractivity contribution is 0.456. The molecule has 0 unspecified atom stereocenters. The lowest BCUT2D eigenvalue weighted by Crippen LogP contribution is -2.21. The summed E-state index contributed by atoms with van der Waals surface area (Å²) in [6, 6.07) is 36.3. The molecule has 0 aliphatic heterocycles. The lowest BCUT2D eigenvalue weighted by Gasteiger charge is -2.32. The van der Waals surface area contributed by atoms with Crippen molar-refractivity contribution in [1.82, 2.24) is 0 Å². The Morgan fingerprint density at radius 1 is 0.291 bits per heavy atom. The molecule has 0 radical (unpaired) electrons. The van der Waals surface area contributed by atoms with Crippen LogP contribution < -0.4 is 23.4 Å². The summed E-state index contributed by atoms with van der Waals surface area (Å²) in [5.74, 6) is 3.52. The molecule has 0 saturated carbocycles. The molecule has 0 aromatic heterocycles. The first-order valence-electron chi connectivity index (χ1n) is 29.0. The van der Waals surface area contributed by atoms with Gasteiger partial charge in [0.05, 0.1) is 11.5 Å². The van der Waals surface area contributed by atoms with E-state index in [0.717, 1.165) is 45.0 Å². The van der Waals surface area contributed by atoms with Crippen LogP contribution in [0.1, 0.15) is 238 Å². The maximum absolute atomic E-state index is 7.36. The SMILES string of the molecule is Cc1cc(OP(Cc2cccc(-c3ccc(P(Oc4cc(C)c(C(C)(C)C)cc4C(C)(C)C)Oc4cc(C)c(C(C)(C)C)cc4C(C)(C)C)cc3)c2)Oc2cc(C)c(C(C)(C)C)cc2C(C)(C)C)c(C(C)(C)C)cc1C(C)(C)C. The van der Waals surface area contributed by atoms with Crippen molar-refractivity contribution in [2.75, 3.05) is 0 Å². The van der Waals surface area contributed by atoms with Gasteiger partial charge in [-0.3, -0.25) is 0 Å². The van der Waals surface area contributed by atoms with Gasteiger partial charge in [-0.1, -0.05) is 227 Å². The third-order valence-electron chi connectivity index (χ3n) is 15.2. The Labute approximate surface area is 484 Å². The van der Waals surface area contributed by atoms with Gasteiger partial charge in [0.25, 0.3) is 8.38 Å². The molecule has 0 aliphatic carbocycles. The molecule has 0 fully saturated rings. The van der Waals surface area contributed by atoms with Crippen LogP contribution in [0.25, 0.3) is 11.1 Å². The molecular formula is C73H102O4P2. The first-order chi connectivity index (χ1) is 35.8. The molecule has 6 heteroatoms. The van der Waals surface area contributed by atoms with Crippen LogP contribution in [-0.2, 0) is 49.5 Å². The summed E-state index contributed by atoms with van der Waals surface area (Å²) in [5.41, 5.74) is 17.6. The minimum Gasteiger partial charge on any atom is -0.438 e. The Morgan fingerprint density at radius 3 is 0.848 bits per heavy atom. The summed E-state index contributed by atoms with van der Waals surface area (Å²) in [7, 11) is -3.20. The molecule has 0 saturated heterocycles. The van der Waals surface area contributed by atoms with E-state index in [1.807, 2.05) is 0 Å². The number of aryl methyl sites for hydroxylation is 4. The van der Waals surface area contributed by atoms with Gasteiger partial charge in [0.15, 0.2) is 0 Å². The Balaban J connectivity index is 1.47. The van der Waals surface area contributed by atoms with Crippen molar-refractivity contribution in [3.63, 3.8) is 0 Å². The third-order valence-corrected chi connectivity index (χ3v) is 18.1. The average molecular weight is 1110 g/mol. The van der Waals surface area contributed by atoms with Gasteiger partial charge in [-0.15, -0.1) is 0 Å². The first-order valence-corrected chi connectivity index (χ1v) is 31.5. The highest BCUT2D eigenvalue weighted by molar-refractivity contribution is 7.56. The number of hydrogen-bond acceptors (Lipinski definition) is 4. The molecule has 0 atom stereocenters. The van der Waals surface area contributed by atoms with Gasteiger partial charge in [0.2, 0.25) is 0 Å². The molecule has 0 spiro atoms. The first kappa shape index (κ1) is 63.6. The normalized spacial score (nSPS) is 13.3. The molecule has 6 rings (SSSR count). The second kappa shape index (κ2) is 22.6. The minimum absolute atomic E-state index is 0.0149. The Kier molecular flexibility index (Phi) is 18.2. The van der Waals surface area contributed by atoms with E-state index in [2.05, 4.69) is 291 Å². The Hall–Kier alpha value is -4.62. The lowest BCUT2D eigenvalue weighted by atomic mass is 9.78. The van der Waals surface area contributed by atoms with Crippen LogP contribution in [0, 0.1) is 27.7 Å². The molecule has 428 valence electrons. The highest BCUT2D eigenvalue weighted by Gasteiger charge is 2.34. The summed E-state index contributed by atoms with van der Waals surface area (Å²) >= 11 is 0. The zero-order chi connectivity index (χ0) is 59.6. The largest absolute Gasteiger partial charge is 0.438 e. The summed E-state index contributed by atoms with van der Waals surface area (Å²) in [6.07, 6.45) is 0.592. The minimum atomic E-state index is -1.66. The van der Waals surface area contributed by atoms with Gasteiger partial charge >= 0.3 is 8.38 Å². The maximum atomic E-state index is 7.36. The van der Waals surface area contributed by atoms with Crippen LogP contribution in [0.15, 0.2) is 97.1 Å². The fourth-order valence-corrected chi connectivity index (χ4v) is 13.7. The van der Waals surface area contributed by atoms with E-state index in [4.69, 9.17) is 18.1 Å². The van der Waals surface area contributed by atoms with E-state index in [0.29, 0.717) is 6.16 Å². The van der Waals surface area contributed by atoms with Crippen LogP contribution in [0.2, 0.25) is 0 Å². The van der Waals surface area contributed by atoms with E-state index in [9.17, 15) is 0 Å². The van der Waals surface area contributed by atoms with Gasteiger partial charge in [-0.2, -0.15) is 0 Å². The molecule has 0 amide bonds. The van der Waals surface area contributed by atoms with Crippen molar-refractivity contribution in [3.8, 4) is 34.1 Å². The number of hydrogen-bond donors (Lipinski definition) is 0. The zero-order valence-electron chi connectivity index (χ0n) is 54.5. The molecule has 6 aromatic rings. The van der Waals surface area contributed by atoms with Crippen LogP contribution in [0.3, 0.4) is 0 Å². The summed E-state index contributed by atoms with van der Waals surface area (Å²) in [4.78, 5) is 0. The average Bonchev–Trinajstić information content (AvgIpc) is 3.27. The van der Waals surface area contributed by atoms with Crippen molar-refractivity contribution < 1.29 is 18.1 Å². The van der Waals surface area contributed by atoms with Crippen LogP contribution in [-0.4, -0.2) is 0 Å². The smallest absolute Gasteiger partial charge is 0.326 e. The van der Waals surface area contributed by atoms with Crippen molar-refractivity contribution in [1.29, 1.82) is 0 Å². The summed E-state index contributed by atoms with van der Waals surface area (Å²) < 4.78 is 29.4. The van der Waals surface area contributed by atoms with Crippen molar-refractivity contribution in [3.05, 3.63) is 169 Å². The van der Waals surface area contributed by atoms with Crippen molar-refractivity contribution in [2.24, 2.45) is 0 Å². The van der Waals surface area contributed by atoms with Crippen molar-refractivity contribution in [2.45, 2.75) is 243 Å². The molecule has 79 heavy (non-hydrogen) atoms. The molecule has 6 aromatic carbocycles. The molecule has 4 nitrogen and oxygen atoms in total. The molecule has 0 bridgehead atoms. The van der Waals surface area contributed by atoms with E-state index in [-0.39, 0.29) is 43.3 Å². The molecule has 0 aliphatic rings. The fraction of sp³-hybridized carbons (Fsp3) is 0.507. The van der Waals surface area contributed by atoms with E-state index < -0.39 is 16.8 Å². The van der Waals surface area contributed by atoms with Gasteiger partial charge in [0.1, 0.15) is 23.0 Å². The van der Waals surface area contributed by atoms with E-state index in [1.165, 1.54) is 66.8 Å². The van der Waals surface area contributed by atoms with Gasteiger partial charge < -0.3 is 18.1 Å². The molecule has 0 heterocycles. The zero-order valence-corrected chi connectivity index (χ0v) is 56.3. The highest BCUT2D eigenvalue weighted by Crippen LogP contribution is 2.52. The van der Waals surface area contributed by atoms with Gasteiger partial charge in [0, 0.05) is 22.3 Å². The molecule has 0 N–H and O–H groups in total. The van der Waals surface area contributed by atoms with E-state index in [1.54, 1.807) is 0 Å². The quantitative estimate of drug-likeness (QED) is 0.114. The van der Waals surface area contributed by atoms with Crippen LogP contribution in [0.5, 0.6) is 23.0 Å². The molecular weight excluding hydrogens is 1000 g/mol. The maximum Gasteiger partial charge on any atom is 0.326 e. The van der Waals surface area contributed by atoms with Crippen LogP contribution >= 0.6 is 16.8 Å². The summed E-state index contributed by atoms with van der Waals surface area (Å²) in [6.45, 7) is 63.7. The highest BCUT2D eigenvalue weighted by atomic mass is 31.2. The Bertz CT molecular complexity index is 2970. The predicted octanol–water partition coefficient (Wildman–Crippen LogP) is 22.0. The van der Waals surface area contributed by atoms with Crippen LogP contribution in [0.4, 0.5) is 0 Å². The van der Waals surface area contributed by atoms with Crippen molar-refractivity contribution >= 4 is 22.1 Å². The van der Waals surface area contributed by atoms with Gasteiger partial charge in [-0.25, -0.2) is 0 Å². The van der Waals surface area contributed by atoms with Gasteiger partial charge in [-0.05, 0) is 169 Å². The number of rotatable bonds is 12. The third kappa shape index (κ3) is 15.5. The van der Waals surface area contributed by atoms with E-state index >= 15 is 0 Å². The Morgan fingerprint density at radius 2 is 0.570 bits per heavy atom. The fourth-order valence-electron chi connectivity index (χ4n) is 11.0. The standard InChI is InChI=1S/C73H102O4P2/c1-46-36-62(58(70(17,18)19)41-54(46)66(5,6)7)74-78(75-63-37-47(2)55(67(8,9)10)42-59(63)71(20,21)22)45-50-30-29-31-52(40-50)51-32-34-53(35-33-51)79(76-64-38-48(3)56(68(11,12)13)43-60(64)72(23,24)25)77-65-39-49(4)57(69(14,15)16)44-61(65)73(26,27)28/h29-44H,45H2,1-28H3. The second-order valence-corrected chi connectivity index (χ2v) is 33.8. The topological polar surface area (TPSA) is 36.9 Å².